The van der Waals surface area contributed by atoms with E-state index in [-0.39, 0.29) is 17.5 Å². The van der Waals surface area contributed by atoms with E-state index in [0.717, 1.165) is 44.1 Å². The molecule has 1 aliphatic rings. The zero-order valence-corrected chi connectivity index (χ0v) is 12.5. The highest BCUT2D eigenvalue weighted by Crippen LogP contribution is 2.38. The monoisotopic (exact) mass is 301 g/mol. The summed E-state index contributed by atoms with van der Waals surface area (Å²) in [5, 5.41) is 3.08. The first-order chi connectivity index (χ1) is 9.94. The molecule has 118 valence electrons. The number of rotatable bonds is 4. The van der Waals surface area contributed by atoms with E-state index in [1.165, 1.54) is 13.2 Å². The number of halogens is 3. The molecule has 0 spiro atoms. The summed E-state index contributed by atoms with van der Waals surface area (Å²) >= 11 is 0. The molecule has 21 heavy (non-hydrogen) atoms. The topological polar surface area (TPSA) is 21.3 Å². The molecule has 2 rings (SSSR count). The van der Waals surface area contributed by atoms with Crippen LogP contribution >= 0.6 is 0 Å². The number of alkyl halides is 3. The molecule has 1 aromatic carbocycles. The van der Waals surface area contributed by atoms with Crippen molar-refractivity contribution in [3.63, 3.8) is 0 Å². The minimum absolute atomic E-state index is 0.127. The van der Waals surface area contributed by atoms with Gasteiger partial charge in [-0.2, -0.15) is 13.2 Å². The molecule has 1 fully saturated rings. The molecule has 5 heteroatoms. The summed E-state index contributed by atoms with van der Waals surface area (Å²) in [6.45, 7) is 2.17. The SMILES string of the molecule is CCC1CCC(Nc2ccc(OC)cc2C(F)(F)F)CC1. The largest absolute Gasteiger partial charge is 0.497 e. The van der Waals surface area contributed by atoms with Crippen LogP contribution in [0.25, 0.3) is 0 Å². The molecule has 1 aliphatic carbocycles. The standard InChI is InChI=1S/C16H22F3NO/c1-3-11-4-6-12(7-5-11)20-15-9-8-13(21-2)10-14(15)16(17,18)19/h8-12,20H,3-7H2,1-2H3. The Balaban J connectivity index is 2.13. The molecule has 0 unspecified atom stereocenters. The third kappa shape index (κ3) is 4.05. The predicted octanol–water partition coefficient (Wildman–Crippen LogP) is 5.09. The number of hydrogen-bond acceptors (Lipinski definition) is 2. The maximum Gasteiger partial charge on any atom is 0.418 e. The molecule has 1 saturated carbocycles. The molecule has 0 amide bonds. The number of hydrogen-bond donors (Lipinski definition) is 1. The lowest BCUT2D eigenvalue weighted by molar-refractivity contribution is -0.137. The van der Waals surface area contributed by atoms with Gasteiger partial charge < -0.3 is 10.1 Å². The molecule has 0 atom stereocenters. The Kier molecular flexibility index (Phi) is 5.01. The highest BCUT2D eigenvalue weighted by Gasteiger charge is 2.34. The zero-order chi connectivity index (χ0) is 15.5. The highest BCUT2D eigenvalue weighted by molar-refractivity contribution is 5.56. The molecule has 1 N–H and O–H groups in total. The fraction of sp³-hybridized carbons (Fsp3) is 0.625. The second kappa shape index (κ2) is 6.58. The van der Waals surface area contributed by atoms with Crippen molar-refractivity contribution in [3.8, 4) is 5.75 Å². The molecule has 0 radical (unpaired) electrons. The van der Waals surface area contributed by atoms with E-state index in [4.69, 9.17) is 4.74 Å². The van der Waals surface area contributed by atoms with E-state index in [1.54, 1.807) is 6.07 Å². The van der Waals surface area contributed by atoms with Crippen LogP contribution in [0.2, 0.25) is 0 Å². The maximum absolute atomic E-state index is 13.1. The van der Waals surface area contributed by atoms with Gasteiger partial charge >= 0.3 is 6.18 Å². The van der Waals surface area contributed by atoms with Crippen molar-refractivity contribution in [2.45, 2.75) is 51.2 Å². The van der Waals surface area contributed by atoms with Gasteiger partial charge in [0.1, 0.15) is 5.75 Å². The van der Waals surface area contributed by atoms with E-state index in [0.29, 0.717) is 0 Å². The normalized spacial score (nSPS) is 22.9. The first kappa shape index (κ1) is 16.0. The smallest absolute Gasteiger partial charge is 0.418 e. The minimum atomic E-state index is -4.38. The van der Waals surface area contributed by atoms with Crippen LogP contribution in [0.3, 0.4) is 0 Å². The van der Waals surface area contributed by atoms with Crippen LogP contribution < -0.4 is 10.1 Å². The Morgan fingerprint density at radius 2 is 1.86 bits per heavy atom. The van der Waals surface area contributed by atoms with Gasteiger partial charge in [-0.05, 0) is 49.8 Å². The molecule has 0 saturated heterocycles. The van der Waals surface area contributed by atoms with Crippen molar-refractivity contribution in [1.82, 2.24) is 0 Å². The van der Waals surface area contributed by atoms with E-state index >= 15 is 0 Å². The van der Waals surface area contributed by atoms with Crippen molar-refractivity contribution in [2.75, 3.05) is 12.4 Å². The van der Waals surface area contributed by atoms with Crippen molar-refractivity contribution in [1.29, 1.82) is 0 Å². The Morgan fingerprint density at radius 1 is 1.19 bits per heavy atom. The number of nitrogens with one attached hydrogen (secondary N) is 1. The number of methoxy groups -OCH3 is 1. The highest BCUT2D eigenvalue weighted by atomic mass is 19.4. The van der Waals surface area contributed by atoms with Crippen molar-refractivity contribution < 1.29 is 17.9 Å². The second-order valence-electron chi connectivity index (χ2n) is 5.68. The summed E-state index contributed by atoms with van der Waals surface area (Å²) in [5.41, 5.74) is -0.497. The Hall–Kier alpha value is -1.39. The van der Waals surface area contributed by atoms with E-state index in [2.05, 4.69) is 12.2 Å². The van der Waals surface area contributed by atoms with Crippen LogP contribution in [0.1, 0.15) is 44.6 Å². The summed E-state index contributed by atoms with van der Waals surface area (Å²) in [6, 6.07) is 4.21. The van der Waals surface area contributed by atoms with Gasteiger partial charge in [-0.25, -0.2) is 0 Å². The molecule has 2 nitrogen and oxygen atoms in total. The van der Waals surface area contributed by atoms with Gasteiger partial charge in [-0.15, -0.1) is 0 Å². The van der Waals surface area contributed by atoms with Gasteiger partial charge in [0.25, 0.3) is 0 Å². The van der Waals surface area contributed by atoms with Crippen LogP contribution in [-0.2, 0) is 6.18 Å². The van der Waals surface area contributed by atoms with Gasteiger partial charge in [-0.1, -0.05) is 13.3 Å². The molecule has 0 aliphatic heterocycles. The molecule has 0 bridgehead atoms. The predicted molar refractivity (Wildman–Crippen MR) is 77.7 cm³/mol. The van der Waals surface area contributed by atoms with Crippen molar-refractivity contribution in [3.05, 3.63) is 23.8 Å². The summed E-state index contributed by atoms with van der Waals surface area (Å²) < 4.78 is 44.3. The van der Waals surface area contributed by atoms with Crippen LogP contribution in [-0.4, -0.2) is 13.2 Å². The van der Waals surface area contributed by atoms with Crippen LogP contribution in [0.4, 0.5) is 18.9 Å². The average molecular weight is 301 g/mol. The fourth-order valence-corrected chi connectivity index (χ4v) is 2.95. The minimum Gasteiger partial charge on any atom is -0.497 e. The van der Waals surface area contributed by atoms with Crippen molar-refractivity contribution in [2.24, 2.45) is 5.92 Å². The third-order valence-corrected chi connectivity index (χ3v) is 4.32. The molecular formula is C16H22F3NO. The molecule has 0 heterocycles. The first-order valence-electron chi connectivity index (χ1n) is 7.45. The molecular weight excluding hydrogens is 279 g/mol. The summed E-state index contributed by atoms with van der Waals surface area (Å²) in [4.78, 5) is 0. The first-order valence-corrected chi connectivity index (χ1v) is 7.45. The average Bonchev–Trinajstić information content (AvgIpc) is 2.47. The van der Waals surface area contributed by atoms with E-state index < -0.39 is 11.7 Å². The quantitative estimate of drug-likeness (QED) is 0.836. The van der Waals surface area contributed by atoms with Gasteiger partial charge in [0.2, 0.25) is 0 Å². The number of ether oxygens (including phenoxy) is 1. The van der Waals surface area contributed by atoms with Crippen LogP contribution in [0.15, 0.2) is 18.2 Å². The lowest BCUT2D eigenvalue weighted by Crippen LogP contribution is -2.27. The van der Waals surface area contributed by atoms with Crippen molar-refractivity contribution >= 4 is 5.69 Å². The van der Waals surface area contributed by atoms with Gasteiger partial charge in [0, 0.05) is 11.7 Å². The van der Waals surface area contributed by atoms with Crippen LogP contribution in [0.5, 0.6) is 5.75 Å². The summed E-state index contributed by atoms with van der Waals surface area (Å²) in [6.07, 6.45) is 0.821. The lowest BCUT2D eigenvalue weighted by Gasteiger charge is -2.30. The zero-order valence-electron chi connectivity index (χ0n) is 12.5. The number of anilines is 1. The molecule has 0 aromatic heterocycles. The van der Waals surface area contributed by atoms with Crippen LogP contribution in [0, 0.1) is 5.92 Å². The van der Waals surface area contributed by atoms with E-state index in [9.17, 15) is 13.2 Å². The maximum atomic E-state index is 13.1. The summed E-state index contributed by atoms with van der Waals surface area (Å²) in [5.74, 6) is 0.948. The van der Waals surface area contributed by atoms with Gasteiger partial charge in [0.15, 0.2) is 0 Å². The van der Waals surface area contributed by atoms with Gasteiger partial charge in [-0.3, -0.25) is 0 Å². The molecule has 1 aromatic rings. The second-order valence-corrected chi connectivity index (χ2v) is 5.68. The lowest BCUT2D eigenvalue weighted by atomic mass is 9.84. The van der Waals surface area contributed by atoms with Gasteiger partial charge in [0.05, 0.1) is 12.7 Å². The third-order valence-electron chi connectivity index (χ3n) is 4.32. The fourth-order valence-electron chi connectivity index (χ4n) is 2.95. The Morgan fingerprint density at radius 3 is 2.38 bits per heavy atom. The summed E-state index contributed by atoms with van der Waals surface area (Å²) in [7, 11) is 1.37. The Bertz CT molecular complexity index is 465. The Labute approximate surface area is 123 Å². The van der Waals surface area contributed by atoms with E-state index in [1.807, 2.05) is 0 Å². The number of benzene rings is 1.